The van der Waals surface area contributed by atoms with Crippen molar-refractivity contribution in [2.24, 2.45) is 0 Å². The van der Waals surface area contributed by atoms with Crippen molar-refractivity contribution in [3.8, 4) is 11.1 Å². The van der Waals surface area contributed by atoms with Gasteiger partial charge in [0.2, 0.25) is 0 Å². The van der Waals surface area contributed by atoms with Crippen LogP contribution in [0, 0.1) is 0 Å². The molecule has 24 heavy (non-hydrogen) atoms. The van der Waals surface area contributed by atoms with E-state index in [2.05, 4.69) is 68.6 Å². The van der Waals surface area contributed by atoms with Gasteiger partial charge in [-0.1, -0.05) is 46.3 Å². The molecule has 0 unspecified atom stereocenters. The van der Waals surface area contributed by atoms with Crippen LogP contribution in [0.25, 0.3) is 11.1 Å². The summed E-state index contributed by atoms with van der Waals surface area (Å²) in [6, 6.07) is 15.9. The van der Waals surface area contributed by atoms with Crippen LogP contribution in [-0.4, -0.2) is 38.1 Å². The molecule has 1 saturated heterocycles. The van der Waals surface area contributed by atoms with E-state index in [1.54, 1.807) is 5.56 Å². The molecule has 1 fully saturated rings. The zero-order valence-electron chi connectivity index (χ0n) is 14.3. The molecule has 4 rings (SSSR count). The fourth-order valence-corrected chi connectivity index (χ4v) is 4.97. The van der Waals surface area contributed by atoms with E-state index in [1.165, 1.54) is 60.1 Å². The Balaban J connectivity index is 1.65. The number of rotatable bonds is 4. The highest BCUT2D eigenvalue weighted by Crippen LogP contribution is 2.54. The van der Waals surface area contributed by atoms with Crippen LogP contribution < -0.4 is 5.32 Å². The van der Waals surface area contributed by atoms with Gasteiger partial charge in [-0.05, 0) is 86.9 Å². The topological polar surface area (TPSA) is 15.3 Å². The highest BCUT2D eigenvalue weighted by molar-refractivity contribution is 9.10. The average Bonchev–Trinajstić information content (AvgIpc) is 2.87. The molecule has 126 valence electrons. The number of nitrogens with zero attached hydrogens (tertiary/aromatic N) is 1. The zero-order valence-corrected chi connectivity index (χ0v) is 15.9. The van der Waals surface area contributed by atoms with Gasteiger partial charge in [0.15, 0.2) is 0 Å². The molecule has 2 aromatic rings. The van der Waals surface area contributed by atoms with E-state index in [9.17, 15) is 0 Å². The molecule has 0 aromatic heterocycles. The SMILES string of the molecule is CNCCCN1CCC2(CC1)c1ccccc1-c1ccc(Br)cc12. The van der Waals surface area contributed by atoms with Gasteiger partial charge in [-0.3, -0.25) is 0 Å². The van der Waals surface area contributed by atoms with E-state index in [0.717, 1.165) is 6.54 Å². The molecule has 1 aliphatic heterocycles. The lowest BCUT2D eigenvalue weighted by atomic mass is 9.71. The Bertz CT molecular complexity index is 732. The van der Waals surface area contributed by atoms with Crippen LogP contribution in [-0.2, 0) is 5.41 Å². The maximum atomic E-state index is 3.70. The monoisotopic (exact) mass is 384 g/mol. The van der Waals surface area contributed by atoms with Crippen molar-refractivity contribution in [1.29, 1.82) is 0 Å². The van der Waals surface area contributed by atoms with Gasteiger partial charge in [0.05, 0.1) is 0 Å². The molecule has 2 nitrogen and oxygen atoms in total. The highest BCUT2D eigenvalue weighted by Gasteiger charge is 2.44. The summed E-state index contributed by atoms with van der Waals surface area (Å²) in [5.41, 5.74) is 6.19. The van der Waals surface area contributed by atoms with E-state index in [1.807, 2.05) is 7.05 Å². The number of halogens is 1. The molecular formula is C21H25BrN2. The van der Waals surface area contributed by atoms with Crippen LogP contribution in [0.1, 0.15) is 30.4 Å². The summed E-state index contributed by atoms with van der Waals surface area (Å²) in [4.78, 5) is 2.64. The Hall–Kier alpha value is -1.16. The second kappa shape index (κ2) is 6.62. The number of hydrogen-bond donors (Lipinski definition) is 1. The van der Waals surface area contributed by atoms with Crippen LogP contribution in [0.15, 0.2) is 46.9 Å². The van der Waals surface area contributed by atoms with E-state index in [4.69, 9.17) is 0 Å². The van der Waals surface area contributed by atoms with Gasteiger partial charge >= 0.3 is 0 Å². The van der Waals surface area contributed by atoms with Gasteiger partial charge in [0.1, 0.15) is 0 Å². The van der Waals surface area contributed by atoms with Crippen LogP contribution in [0.3, 0.4) is 0 Å². The average molecular weight is 385 g/mol. The summed E-state index contributed by atoms with van der Waals surface area (Å²) in [7, 11) is 2.04. The quantitative estimate of drug-likeness (QED) is 0.784. The maximum Gasteiger partial charge on any atom is 0.0239 e. The third-order valence-corrected chi connectivity index (χ3v) is 6.33. The van der Waals surface area contributed by atoms with Gasteiger partial charge in [-0.25, -0.2) is 0 Å². The van der Waals surface area contributed by atoms with Crippen molar-refractivity contribution in [1.82, 2.24) is 10.2 Å². The fraction of sp³-hybridized carbons (Fsp3) is 0.429. The number of piperidine rings is 1. The number of likely N-dealkylation sites (tertiary alicyclic amines) is 1. The number of nitrogens with one attached hydrogen (secondary N) is 1. The van der Waals surface area contributed by atoms with Gasteiger partial charge in [-0.15, -0.1) is 0 Å². The summed E-state index contributed by atoms with van der Waals surface area (Å²) >= 11 is 3.70. The van der Waals surface area contributed by atoms with Gasteiger partial charge in [-0.2, -0.15) is 0 Å². The zero-order chi connectivity index (χ0) is 16.6. The number of hydrogen-bond acceptors (Lipinski definition) is 2. The predicted molar refractivity (Wildman–Crippen MR) is 105 cm³/mol. The van der Waals surface area contributed by atoms with Gasteiger partial charge in [0, 0.05) is 9.89 Å². The Kier molecular flexibility index (Phi) is 4.50. The molecule has 0 atom stereocenters. The lowest BCUT2D eigenvalue weighted by Crippen LogP contribution is -2.43. The van der Waals surface area contributed by atoms with Crippen LogP contribution in [0.4, 0.5) is 0 Å². The van der Waals surface area contributed by atoms with E-state index in [-0.39, 0.29) is 5.41 Å². The Morgan fingerprint density at radius 3 is 2.58 bits per heavy atom. The molecule has 0 radical (unpaired) electrons. The largest absolute Gasteiger partial charge is 0.320 e. The van der Waals surface area contributed by atoms with Gasteiger partial charge in [0.25, 0.3) is 0 Å². The summed E-state index contributed by atoms with van der Waals surface area (Å²) in [5.74, 6) is 0. The summed E-state index contributed by atoms with van der Waals surface area (Å²) < 4.78 is 1.20. The molecule has 0 saturated carbocycles. The van der Waals surface area contributed by atoms with Crippen molar-refractivity contribution in [2.75, 3.05) is 33.2 Å². The molecule has 3 heteroatoms. The number of fused-ring (bicyclic) bond motifs is 5. The van der Waals surface area contributed by atoms with Crippen molar-refractivity contribution in [2.45, 2.75) is 24.7 Å². The van der Waals surface area contributed by atoms with Crippen LogP contribution >= 0.6 is 15.9 Å². The third-order valence-electron chi connectivity index (χ3n) is 5.84. The predicted octanol–water partition coefficient (Wildman–Crippen LogP) is 4.42. The van der Waals surface area contributed by atoms with E-state index in [0.29, 0.717) is 0 Å². The van der Waals surface area contributed by atoms with Crippen LogP contribution in [0.2, 0.25) is 0 Å². The second-order valence-corrected chi connectivity index (χ2v) is 8.03. The molecule has 1 N–H and O–H groups in total. The van der Waals surface area contributed by atoms with E-state index < -0.39 is 0 Å². The normalized spacial score (nSPS) is 18.6. The first kappa shape index (κ1) is 16.3. The van der Waals surface area contributed by atoms with Gasteiger partial charge < -0.3 is 10.2 Å². The minimum Gasteiger partial charge on any atom is -0.320 e. The molecule has 2 aromatic carbocycles. The Labute approximate surface area is 153 Å². The fourth-order valence-electron chi connectivity index (χ4n) is 4.60. The first-order chi connectivity index (χ1) is 11.7. The molecule has 1 heterocycles. The standard InChI is InChI=1S/C21H25BrN2/c1-23-11-4-12-24-13-9-21(10-14-24)19-6-3-2-5-17(19)18-8-7-16(22)15-20(18)21/h2-3,5-8,15,23H,4,9-14H2,1H3. The van der Waals surface area contributed by atoms with Crippen LogP contribution in [0.5, 0.6) is 0 Å². The molecule has 2 aliphatic rings. The Morgan fingerprint density at radius 2 is 1.79 bits per heavy atom. The van der Waals surface area contributed by atoms with Crippen molar-refractivity contribution < 1.29 is 0 Å². The molecular weight excluding hydrogens is 360 g/mol. The first-order valence-electron chi connectivity index (χ1n) is 9.01. The molecule has 1 aliphatic carbocycles. The molecule has 0 amide bonds. The highest BCUT2D eigenvalue weighted by atomic mass is 79.9. The summed E-state index contributed by atoms with van der Waals surface area (Å²) in [6.07, 6.45) is 3.70. The Morgan fingerprint density at radius 1 is 1.04 bits per heavy atom. The molecule has 1 spiro atoms. The third kappa shape index (κ3) is 2.63. The van der Waals surface area contributed by atoms with Crippen molar-refractivity contribution in [3.05, 3.63) is 58.1 Å². The minimum atomic E-state index is 0.217. The smallest absolute Gasteiger partial charge is 0.0239 e. The van der Waals surface area contributed by atoms with Crippen molar-refractivity contribution in [3.63, 3.8) is 0 Å². The minimum absolute atomic E-state index is 0.217. The first-order valence-corrected chi connectivity index (χ1v) is 9.81. The summed E-state index contributed by atoms with van der Waals surface area (Å²) in [5, 5.41) is 3.26. The lowest BCUT2D eigenvalue weighted by Gasteiger charge is -2.41. The molecule has 0 bridgehead atoms. The number of benzene rings is 2. The maximum absolute atomic E-state index is 3.70. The van der Waals surface area contributed by atoms with Crippen molar-refractivity contribution >= 4 is 15.9 Å². The second-order valence-electron chi connectivity index (χ2n) is 7.12. The lowest BCUT2D eigenvalue weighted by molar-refractivity contribution is 0.179. The van der Waals surface area contributed by atoms with E-state index >= 15 is 0 Å². The summed E-state index contributed by atoms with van der Waals surface area (Å²) in [6.45, 7) is 4.72.